The van der Waals surface area contributed by atoms with E-state index in [0.29, 0.717) is 23.0 Å². The third-order valence-corrected chi connectivity index (χ3v) is 4.53. The standard InChI is InChI=1S/C17H18FNO2/c18-15-7-6-12(5-2-8-20)16(9-15)17(21)19-10-13-3-1-4-14(13)11-19/h6-7,9,13-14,20H,1,3-4,8,10-11H2. The normalized spacial score (nSPS) is 23.6. The fourth-order valence-electron chi connectivity index (χ4n) is 3.51. The lowest BCUT2D eigenvalue weighted by Gasteiger charge is -2.18. The smallest absolute Gasteiger partial charge is 0.255 e. The molecule has 2 fully saturated rings. The molecule has 21 heavy (non-hydrogen) atoms. The van der Waals surface area contributed by atoms with Gasteiger partial charge in [-0.15, -0.1) is 0 Å². The summed E-state index contributed by atoms with van der Waals surface area (Å²) in [5, 5.41) is 8.79. The zero-order valence-electron chi connectivity index (χ0n) is 11.8. The van der Waals surface area contributed by atoms with Crippen molar-refractivity contribution in [3.63, 3.8) is 0 Å². The number of likely N-dealkylation sites (tertiary alicyclic amines) is 1. The second kappa shape index (κ2) is 5.87. The van der Waals surface area contributed by atoms with Crippen molar-refractivity contribution in [1.82, 2.24) is 4.90 Å². The third kappa shape index (κ3) is 2.79. The Morgan fingerprint density at radius 2 is 2.05 bits per heavy atom. The van der Waals surface area contributed by atoms with Crippen LogP contribution in [0.3, 0.4) is 0 Å². The van der Waals surface area contributed by atoms with Gasteiger partial charge in [-0.1, -0.05) is 18.3 Å². The van der Waals surface area contributed by atoms with Crippen molar-refractivity contribution in [2.24, 2.45) is 11.8 Å². The minimum atomic E-state index is -0.438. The lowest BCUT2D eigenvalue weighted by molar-refractivity contribution is 0.0780. The van der Waals surface area contributed by atoms with Crippen LogP contribution in [0.1, 0.15) is 35.2 Å². The fraction of sp³-hybridized carbons (Fsp3) is 0.471. The van der Waals surface area contributed by atoms with Crippen molar-refractivity contribution >= 4 is 5.91 Å². The van der Waals surface area contributed by atoms with Gasteiger partial charge in [-0.05, 0) is 42.9 Å². The molecule has 0 radical (unpaired) electrons. The molecule has 1 heterocycles. The van der Waals surface area contributed by atoms with Gasteiger partial charge >= 0.3 is 0 Å². The van der Waals surface area contributed by atoms with Crippen LogP contribution in [0.25, 0.3) is 0 Å². The highest BCUT2D eigenvalue weighted by molar-refractivity contribution is 5.97. The first-order chi connectivity index (χ1) is 10.2. The Balaban J connectivity index is 1.85. The van der Waals surface area contributed by atoms with E-state index < -0.39 is 5.82 Å². The molecule has 2 unspecified atom stereocenters. The van der Waals surface area contributed by atoms with E-state index in [-0.39, 0.29) is 12.5 Å². The number of hydrogen-bond acceptors (Lipinski definition) is 2. The van der Waals surface area contributed by atoms with Crippen molar-refractivity contribution in [3.05, 3.63) is 35.1 Å². The van der Waals surface area contributed by atoms with Crippen molar-refractivity contribution in [2.45, 2.75) is 19.3 Å². The van der Waals surface area contributed by atoms with Crippen LogP contribution in [0.15, 0.2) is 18.2 Å². The lowest BCUT2D eigenvalue weighted by atomic mass is 10.0. The number of rotatable bonds is 1. The minimum absolute atomic E-state index is 0.147. The molecule has 0 spiro atoms. The summed E-state index contributed by atoms with van der Waals surface area (Å²) >= 11 is 0. The van der Waals surface area contributed by atoms with Gasteiger partial charge in [0.15, 0.2) is 0 Å². The maximum Gasteiger partial charge on any atom is 0.255 e. The molecule has 1 saturated carbocycles. The first-order valence-electron chi connectivity index (χ1n) is 7.37. The number of halogens is 1. The van der Waals surface area contributed by atoms with Gasteiger partial charge in [0.2, 0.25) is 0 Å². The third-order valence-electron chi connectivity index (χ3n) is 4.53. The predicted octanol–water partition coefficient (Wildman–Crippen LogP) is 2.04. The zero-order valence-corrected chi connectivity index (χ0v) is 11.8. The number of nitrogens with zero attached hydrogens (tertiary/aromatic N) is 1. The van der Waals surface area contributed by atoms with E-state index >= 15 is 0 Å². The Morgan fingerprint density at radius 3 is 2.71 bits per heavy atom. The van der Waals surface area contributed by atoms with E-state index in [4.69, 9.17) is 5.11 Å². The van der Waals surface area contributed by atoms with Crippen LogP contribution in [0.5, 0.6) is 0 Å². The Bertz CT molecular complexity index is 605. The molecule has 1 aliphatic heterocycles. The summed E-state index contributed by atoms with van der Waals surface area (Å²) in [6, 6.07) is 4.04. The van der Waals surface area contributed by atoms with Crippen molar-refractivity contribution in [2.75, 3.05) is 19.7 Å². The maximum atomic E-state index is 13.5. The highest BCUT2D eigenvalue weighted by Gasteiger charge is 2.38. The van der Waals surface area contributed by atoms with Crippen molar-refractivity contribution in [3.8, 4) is 11.8 Å². The molecule has 3 nitrogen and oxygen atoms in total. The number of carbonyl (C=O) groups is 1. The van der Waals surface area contributed by atoms with Crippen LogP contribution in [0, 0.1) is 29.5 Å². The van der Waals surface area contributed by atoms with Gasteiger partial charge in [0.05, 0.1) is 5.56 Å². The number of aliphatic hydroxyl groups is 1. The molecule has 1 saturated heterocycles. The molecule has 2 atom stereocenters. The number of hydrogen-bond donors (Lipinski definition) is 1. The van der Waals surface area contributed by atoms with Gasteiger partial charge < -0.3 is 10.0 Å². The molecule has 4 heteroatoms. The predicted molar refractivity (Wildman–Crippen MR) is 77.1 cm³/mol. The molecule has 2 aliphatic rings. The molecule has 1 aliphatic carbocycles. The number of carbonyl (C=O) groups excluding carboxylic acids is 1. The molecule has 3 rings (SSSR count). The summed E-state index contributed by atoms with van der Waals surface area (Å²) in [5.41, 5.74) is 0.781. The molecule has 0 bridgehead atoms. The SMILES string of the molecule is O=C(c1cc(F)ccc1C#CCO)N1CC2CCCC2C1. The fourth-order valence-corrected chi connectivity index (χ4v) is 3.51. The molecule has 110 valence electrons. The highest BCUT2D eigenvalue weighted by atomic mass is 19.1. The van der Waals surface area contributed by atoms with Crippen molar-refractivity contribution < 1.29 is 14.3 Å². The number of fused-ring (bicyclic) bond motifs is 1. The van der Waals surface area contributed by atoms with E-state index in [2.05, 4.69) is 11.8 Å². The highest BCUT2D eigenvalue weighted by Crippen LogP contribution is 2.38. The van der Waals surface area contributed by atoms with Crippen LogP contribution < -0.4 is 0 Å². The Kier molecular flexibility index (Phi) is 3.94. The Labute approximate surface area is 123 Å². The van der Waals surface area contributed by atoms with Gasteiger partial charge in [-0.25, -0.2) is 4.39 Å². The van der Waals surface area contributed by atoms with Crippen LogP contribution in [0.2, 0.25) is 0 Å². The van der Waals surface area contributed by atoms with Gasteiger partial charge in [0.1, 0.15) is 12.4 Å². The topological polar surface area (TPSA) is 40.5 Å². The monoisotopic (exact) mass is 287 g/mol. The lowest BCUT2D eigenvalue weighted by Crippen LogP contribution is -2.30. The molecular weight excluding hydrogens is 269 g/mol. The van der Waals surface area contributed by atoms with Crippen LogP contribution in [-0.4, -0.2) is 35.6 Å². The van der Waals surface area contributed by atoms with E-state index in [1.165, 1.54) is 37.5 Å². The summed E-state index contributed by atoms with van der Waals surface area (Å²) in [6.45, 7) is 1.26. The van der Waals surface area contributed by atoms with Crippen LogP contribution in [-0.2, 0) is 0 Å². The van der Waals surface area contributed by atoms with Crippen molar-refractivity contribution in [1.29, 1.82) is 0 Å². The second-order valence-corrected chi connectivity index (χ2v) is 5.81. The first kappa shape index (κ1) is 14.1. The van der Waals surface area contributed by atoms with Gasteiger partial charge in [0, 0.05) is 18.7 Å². The van der Waals surface area contributed by atoms with E-state index in [9.17, 15) is 9.18 Å². The number of amides is 1. The van der Waals surface area contributed by atoms with Crippen LogP contribution in [0.4, 0.5) is 4.39 Å². The van der Waals surface area contributed by atoms with Gasteiger partial charge in [-0.3, -0.25) is 4.79 Å². The molecule has 1 N–H and O–H groups in total. The number of aliphatic hydroxyl groups excluding tert-OH is 1. The zero-order chi connectivity index (χ0) is 14.8. The second-order valence-electron chi connectivity index (χ2n) is 5.81. The minimum Gasteiger partial charge on any atom is -0.384 e. The van der Waals surface area contributed by atoms with Crippen LogP contribution >= 0.6 is 0 Å². The first-order valence-corrected chi connectivity index (χ1v) is 7.37. The maximum absolute atomic E-state index is 13.5. The summed E-state index contributed by atoms with van der Waals surface area (Å²) in [5.74, 6) is 5.88. The summed E-state index contributed by atoms with van der Waals surface area (Å²) in [6.07, 6.45) is 3.63. The van der Waals surface area contributed by atoms with E-state index in [0.717, 1.165) is 13.1 Å². The summed E-state index contributed by atoms with van der Waals surface area (Å²) in [4.78, 5) is 14.5. The quantitative estimate of drug-likeness (QED) is 0.803. The molecular formula is C17H18FNO2. The molecule has 0 aromatic heterocycles. The van der Waals surface area contributed by atoms with E-state index in [1.807, 2.05) is 4.90 Å². The molecule has 1 aromatic carbocycles. The van der Waals surface area contributed by atoms with Gasteiger partial charge in [0.25, 0.3) is 5.91 Å². The summed E-state index contributed by atoms with van der Waals surface area (Å²) in [7, 11) is 0. The molecule has 1 amide bonds. The number of benzene rings is 1. The average molecular weight is 287 g/mol. The van der Waals surface area contributed by atoms with E-state index in [1.54, 1.807) is 0 Å². The van der Waals surface area contributed by atoms with Gasteiger partial charge in [-0.2, -0.15) is 0 Å². The summed E-state index contributed by atoms with van der Waals surface area (Å²) < 4.78 is 13.5. The Morgan fingerprint density at radius 1 is 1.33 bits per heavy atom. The Hall–Kier alpha value is -1.86. The molecule has 1 aromatic rings. The largest absolute Gasteiger partial charge is 0.384 e. The average Bonchev–Trinajstić information content (AvgIpc) is 3.06.